The number of hydrogen-bond acceptors (Lipinski definition) is 3. The highest BCUT2D eigenvalue weighted by Crippen LogP contribution is 2.20. The highest BCUT2D eigenvalue weighted by atomic mass is 32.2. The van der Waals surface area contributed by atoms with Crippen molar-refractivity contribution in [2.75, 3.05) is 28.6 Å². The number of anilines is 2. The quantitative estimate of drug-likeness (QED) is 0.795. The molecular formula is C19H24N2O3S. The Bertz CT molecular complexity index is 845. The molecule has 0 unspecified atom stereocenters. The first-order valence-corrected chi connectivity index (χ1v) is 9.98. The van der Waals surface area contributed by atoms with Crippen LogP contribution in [0, 0.1) is 13.8 Å². The molecular weight excluding hydrogens is 336 g/mol. The van der Waals surface area contributed by atoms with Crippen molar-refractivity contribution in [1.82, 2.24) is 0 Å². The first-order valence-electron chi connectivity index (χ1n) is 8.13. The molecule has 0 aliphatic carbocycles. The second kappa shape index (κ2) is 7.70. The van der Waals surface area contributed by atoms with E-state index in [1.54, 1.807) is 17.0 Å². The van der Waals surface area contributed by atoms with E-state index in [1.165, 1.54) is 0 Å². The molecule has 2 rings (SSSR count). The van der Waals surface area contributed by atoms with Gasteiger partial charge < -0.3 is 4.90 Å². The second-order valence-electron chi connectivity index (χ2n) is 6.08. The van der Waals surface area contributed by atoms with Gasteiger partial charge in [-0.1, -0.05) is 29.8 Å². The summed E-state index contributed by atoms with van der Waals surface area (Å²) >= 11 is 0. The molecule has 0 fully saturated rings. The predicted molar refractivity (Wildman–Crippen MR) is 103 cm³/mol. The van der Waals surface area contributed by atoms with Gasteiger partial charge >= 0.3 is 0 Å². The first-order chi connectivity index (χ1) is 11.7. The van der Waals surface area contributed by atoms with Gasteiger partial charge in [-0.15, -0.1) is 0 Å². The summed E-state index contributed by atoms with van der Waals surface area (Å²) in [6.45, 7) is 5.99. The standard InChI is InChI=1S/C19H24N2O3S/c1-5-20(18-8-6-7-16(3)13-18)19(22)14-21(25(4,23)24)17-11-9-15(2)10-12-17/h6-13H,5,14H2,1-4H3. The van der Waals surface area contributed by atoms with Crippen LogP contribution in [0.25, 0.3) is 0 Å². The number of amides is 1. The zero-order valence-corrected chi connectivity index (χ0v) is 15.9. The number of nitrogens with zero attached hydrogens (tertiary/aromatic N) is 2. The minimum atomic E-state index is -3.57. The van der Waals surface area contributed by atoms with Crippen molar-refractivity contribution < 1.29 is 13.2 Å². The molecule has 0 aliphatic rings. The molecule has 0 radical (unpaired) electrons. The fraction of sp³-hybridized carbons (Fsp3) is 0.316. The van der Waals surface area contributed by atoms with Crippen molar-refractivity contribution in [3.63, 3.8) is 0 Å². The molecule has 25 heavy (non-hydrogen) atoms. The number of sulfonamides is 1. The van der Waals surface area contributed by atoms with Gasteiger partial charge in [-0.25, -0.2) is 8.42 Å². The van der Waals surface area contributed by atoms with Gasteiger partial charge in [0.2, 0.25) is 15.9 Å². The Balaban J connectivity index is 2.31. The van der Waals surface area contributed by atoms with E-state index in [1.807, 2.05) is 57.2 Å². The minimum absolute atomic E-state index is 0.232. The van der Waals surface area contributed by atoms with Gasteiger partial charge in [-0.05, 0) is 50.6 Å². The molecule has 0 saturated carbocycles. The molecule has 134 valence electrons. The largest absolute Gasteiger partial charge is 0.311 e. The van der Waals surface area contributed by atoms with Gasteiger partial charge in [-0.3, -0.25) is 9.10 Å². The SMILES string of the molecule is CCN(C(=O)CN(c1ccc(C)cc1)S(C)(=O)=O)c1cccc(C)c1. The van der Waals surface area contributed by atoms with E-state index in [2.05, 4.69) is 0 Å². The maximum atomic E-state index is 12.8. The van der Waals surface area contributed by atoms with E-state index in [9.17, 15) is 13.2 Å². The molecule has 0 N–H and O–H groups in total. The number of hydrogen-bond donors (Lipinski definition) is 0. The number of aryl methyl sites for hydroxylation is 2. The van der Waals surface area contributed by atoms with Gasteiger partial charge in [0.1, 0.15) is 6.54 Å². The van der Waals surface area contributed by atoms with E-state index in [0.29, 0.717) is 12.2 Å². The summed E-state index contributed by atoms with van der Waals surface area (Å²) in [7, 11) is -3.57. The van der Waals surface area contributed by atoms with Crippen LogP contribution in [-0.2, 0) is 14.8 Å². The van der Waals surface area contributed by atoms with Crippen LogP contribution in [0.4, 0.5) is 11.4 Å². The van der Waals surface area contributed by atoms with Crippen LogP contribution >= 0.6 is 0 Å². The Kier molecular flexibility index (Phi) is 5.85. The maximum absolute atomic E-state index is 12.8. The molecule has 2 aromatic rings. The lowest BCUT2D eigenvalue weighted by molar-refractivity contribution is -0.117. The average Bonchev–Trinajstić information content (AvgIpc) is 2.53. The van der Waals surface area contributed by atoms with Crippen molar-refractivity contribution in [2.24, 2.45) is 0 Å². The van der Waals surface area contributed by atoms with Crippen molar-refractivity contribution in [1.29, 1.82) is 0 Å². The van der Waals surface area contributed by atoms with E-state index >= 15 is 0 Å². The van der Waals surface area contributed by atoms with Crippen molar-refractivity contribution in [3.8, 4) is 0 Å². The number of likely N-dealkylation sites (N-methyl/N-ethyl adjacent to an activating group) is 1. The summed E-state index contributed by atoms with van der Waals surface area (Å²) < 4.78 is 25.6. The average molecular weight is 360 g/mol. The van der Waals surface area contributed by atoms with Crippen LogP contribution < -0.4 is 9.21 Å². The molecule has 0 bridgehead atoms. The molecule has 0 atom stereocenters. The lowest BCUT2D eigenvalue weighted by Gasteiger charge is -2.27. The summed E-state index contributed by atoms with van der Waals surface area (Å²) in [6, 6.07) is 14.7. The molecule has 2 aromatic carbocycles. The number of carbonyl (C=O) groups is 1. The maximum Gasteiger partial charge on any atom is 0.247 e. The summed E-state index contributed by atoms with van der Waals surface area (Å²) in [5.74, 6) is -0.265. The predicted octanol–water partition coefficient (Wildman–Crippen LogP) is 3.12. The Morgan fingerprint density at radius 1 is 0.960 bits per heavy atom. The Morgan fingerprint density at radius 3 is 2.12 bits per heavy atom. The van der Waals surface area contributed by atoms with Gasteiger partial charge in [0.25, 0.3) is 0 Å². The van der Waals surface area contributed by atoms with E-state index in [4.69, 9.17) is 0 Å². The van der Waals surface area contributed by atoms with E-state index in [-0.39, 0.29) is 12.5 Å². The van der Waals surface area contributed by atoms with Crippen LogP contribution in [0.1, 0.15) is 18.1 Å². The molecule has 0 aromatic heterocycles. The van der Waals surface area contributed by atoms with Gasteiger partial charge in [-0.2, -0.15) is 0 Å². The van der Waals surface area contributed by atoms with E-state index < -0.39 is 10.0 Å². The third-order valence-corrected chi connectivity index (χ3v) is 5.07. The number of rotatable bonds is 6. The topological polar surface area (TPSA) is 57.7 Å². The molecule has 1 amide bonds. The van der Waals surface area contributed by atoms with Gasteiger partial charge in [0.05, 0.1) is 11.9 Å². The van der Waals surface area contributed by atoms with Crippen molar-refractivity contribution >= 4 is 27.3 Å². The van der Waals surface area contributed by atoms with Crippen LogP contribution in [0.15, 0.2) is 48.5 Å². The fourth-order valence-electron chi connectivity index (χ4n) is 2.62. The van der Waals surface area contributed by atoms with Crippen LogP contribution in [0.2, 0.25) is 0 Å². The molecule has 0 heterocycles. The van der Waals surface area contributed by atoms with Crippen molar-refractivity contribution in [2.45, 2.75) is 20.8 Å². The van der Waals surface area contributed by atoms with Gasteiger partial charge in [0, 0.05) is 12.2 Å². The van der Waals surface area contributed by atoms with E-state index in [0.717, 1.165) is 27.4 Å². The fourth-order valence-corrected chi connectivity index (χ4v) is 3.47. The van der Waals surface area contributed by atoms with Crippen LogP contribution in [0.3, 0.4) is 0 Å². The number of benzene rings is 2. The zero-order valence-electron chi connectivity index (χ0n) is 15.1. The molecule has 0 aliphatic heterocycles. The Hall–Kier alpha value is -2.34. The smallest absolute Gasteiger partial charge is 0.247 e. The molecule has 0 saturated heterocycles. The summed E-state index contributed by atoms with van der Waals surface area (Å²) in [6.07, 6.45) is 1.11. The van der Waals surface area contributed by atoms with Crippen LogP contribution in [0.5, 0.6) is 0 Å². The lowest BCUT2D eigenvalue weighted by Crippen LogP contribution is -2.42. The third-order valence-electron chi connectivity index (χ3n) is 3.93. The highest BCUT2D eigenvalue weighted by molar-refractivity contribution is 7.92. The minimum Gasteiger partial charge on any atom is -0.311 e. The summed E-state index contributed by atoms with van der Waals surface area (Å²) in [5.41, 5.74) is 3.33. The van der Waals surface area contributed by atoms with Gasteiger partial charge in [0.15, 0.2) is 0 Å². The van der Waals surface area contributed by atoms with Crippen LogP contribution in [-0.4, -0.2) is 33.7 Å². The summed E-state index contributed by atoms with van der Waals surface area (Å²) in [4.78, 5) is 14.4. The lowest BCUT2D eigenvalue weighted by atomic mass is 10.2. The molecule has 0 spiro atoms. The summed E-state index contributed by atoms with van der Waals surface area (Å²) in [5, 5.41) is 0. The first kappa shape index (κ1) is 19.0. The number of carbonyl (C=O) groups excluding carboxylic acids is 1. The zero-order chi connectivity index (χ0) is 18.6. The third kappa shape index (κ3) is 4.82. The Labute approximate surface area is 149 Å². The normalized spacial score (nSPS) is 11.2. The second-order valence-corrected chi connectivity index (χ2v) is 7.99. The highest BCUT2D eigenvalue weighted by Gasteiger charge is 2.24. The molecule has 6 heteroatoms. The van der Waals surface area contributed by atoms with Crippen molar-refractivity contribution in [3.05, 3.63) is 59.7 Å². The monoisotopic (exact) mass is 360 g/mol. The molecule has 5 nitrogen and oxygen atoms in total. The Morgan fingerprint density at radius 2 is 1.60 bits per heavy atom.